The van der Waals surface area contributed by atoms with Crippen LogP contribution in [-0.2, 0) is 36.0 Å². The first-order valence-electron chi connectivity index (χ1n) is 13.9. The van der Waals surface area contributed by atoms with E-state index in [2.05, 4.69) is 17.1 Å². The van der Waals surface area contributed by atoms with Crippen molar-refractivity contribution in [3.8, 4) is 0 Å². The normalized spacial score (nSPS) is 15.8. The number of hydrogen-bond donors (Lipinski definition) is 1. The maximum Gasteiger partial charge on any atom is 0.257 e. The Kier molecular flexibility index (Phi) is 8.42. The summed E-state index contributed by atoms with van der Waals surface area (Å²) >= 11 is 1.47. The van der Waals surface area contributed by atoms with E-state index in [1.54, 1.807) is 17.0 Å². The highest BCUT2D eigenvalue weighted by atomic mass is 32.2. The lowest BCUT2D eigenvalue weighted by atomic mass is 10.0. The molecule has 0 fully saturated rings. The van der Waals surface area contributed by atoms with Crippen molar-refractivity contribution in [3.63, 3.8) is 0 Å². The summed E-state index contributed by atoms with van der Waals surface area (Å²) in [6.45, 7) is 10.5. The van der Waals surface area contributed by atoms with Crippen LogP contribution in [-0.4, -0.2) is 67.1 Å². The summed E-state index contributed by atoms with van der Waals surface area (Å²) in [6, 6.07) is 14.0. The van der Waals surface area contributed by atoms with Gasteiger partial charge < -0.3 is 10.2 Å². The van der Waals surface area contributed by atoms with Crippen molar-refractivity contribution in [1.29, 1.82) is 0 Å². The predicted octanol–water partition coefficient (Wildman–Crippen LogP) is 4.61. The largest absolute Gasteiger partial charge is 0.339 e. The molecule has 0 unspecified atom stereocenters. The summed E-state index contributed by atoms with van der Waals surface area (Å²) < 4.78 is 28.2. The maximum absolute atomic E-state index is 13.5. The van der Waals surface area contributed by atoms with Gasteiger partial charge in [0.05, 0.1) is 10.5 Å². The SMILES string of the molecule is CCN1CCc2c(sc(NC(=O)c3ccc(S(=O)(=O)N4CCc5ccccc5C4)cc3)c2C(=O)N(CC)CC)C1. The van der Waals surface area contributed by atoms with Crippen LogP contribution in [0, 0.1) is 0 Å². The molecule has 2 amide bonds. The van der Waals surface area contributed by atoms with Crippen LogP contribution in [0.15, 0.2) is 53.4 Å². The summed E-state index contributed by atoms with van der Waals surface area (Å²) in [5, 5.41) is 3.55. The van der Waals surface area contributed by atoms with Gasteiger partial charge in [0.15, 0.2) is 0 Å². The molecule has 0 saturated carbocycles. The molecule has 1 N–H and O–H groups in total. The van der Waals surface area contributed by atoms with Crippen LogP contribution < -0.4 is 5.32 Å². The third-order valence-corrected chi connectivity index (χ3v) is 10.9. The van der Waals surface area contributed by atoms with Crippen LogP contribution in [0.3, 0.4) is 0 Å². The molecule has 1 aromatic heterocycles. The highest BCUT2D eigenvalue weighted by molar-refractivity contribution is 7.89. The minimum absolute atomic E-state index is 0.0627. The molecule has 10 heteroatoms. The third-order valence-electron chi connectivity index (χ3n) is 7.92. The maximum atomic E-state index is 13.5. The van der Waals surface area contributed by atoms with E-state index in [1.165, 1.54) is 33.3 Å². The highest BCUT2D eigenvalue weighted by Gasteiger charge is 2.31. The van der Waals surface area contributed by atoms with Crippen molar-refractivity contribution in [2.45, 2.75) is 51.6 Å². The predicted molar refractivity (Wildman–Crippen MR) is 158 cm³/mol. The Labute approximate surface area is 240 Å². The zero-order valence-corrected chi connectivity index (χ0v) is 24.9. The number of nitrogens with one attached hydrogen (secondary N) is 1. The average molecular weight is 581 g/mol. The minimum Gasteiger partial charge on any atom is -0.339 e. The van der Waals surface area contributed by atoms with Gasteiger partial charge >= 0.3 is 0 Å². The lowest BCUT2D eigenvalue weighted by Gasteiger charge is -2.28. The second kappa shape index (κ2) is 11.8. The standard InChI is InChI=1S/C30H36N4O4S2/c1-4-32-17-16-25-26(20-32)39-29(27(25)30(36)33(5-2)6-3)31-28(35)22-11-13-24(14-12-22)40(37,38)34-18-15-21-9-7-8-10-23(21)19-34/h7-14H,4-6,15-20H2,1-3H3,(H,31,35). The van der Waals surface area contributed by atoms with E-state index in [-0.39, 0.29) is 16.7 Å². The number of anilines is 1. The molecule has 2 aromatic carbocycles. The second-order valence-electron chi connectivity index (χ2n) is 10.1. The van der Waals surface area contributed by atoms with E-state index < -0.39 is 10.0 Å². The second-order valence-corrected chi connectivity index (χ2v) is 13.2. The topological polar surface area (TPSA) is 90.0 Å². The summed E-state index contributed by atoms with van der Waals surface area (Å²) in [5.74, 6) is -0.428. The molecule has 2 aliphatic rings. The first kappa shape index (κ1) is 28.5. The zero-order chi connectivity index (χ0) is 28.4. The molecule has 0 bridgehead atoms. The molecular weight excluding hydrogens is 544 g/mol. The Hall–Kier alpha value is -3.05. The molecule has 212 valence electrons. The number of carbonyl (C=O) groups excluding carboxylic acids is 2. The first-order valence-corrected chi connectivity index (χ1v) is 16.2. The van der Waals surface area contributed by atoms with Crippen LogP contribution in [0.4, 0.5) is 5.00 Å². The third kappa shape index (κ3) is 5.45. The molecule has 0 saturated heterocycles. The molecule has 5 rings (SSSR count). The number of likely N-dealkylation sites (N-methyl/N-ethyl adjacent to an activating group) is 1. The van der Waals surface area contributed by atoms with E-state index >= 15 is 0 Å². The summed E-state index contributed by atoms with van der Waals surface area (Å²) in [7, 11) is -3.70. The monoisotopic (exact) mass is 580 g/mol. The number of sulfonamides is 1. The van der Waals surface area contributed by atoms with Gasteiger partial charge in [-0.1, -0.05) is 31.2 Å². The number of amides is 2. The van der Waals surface area contributed by atoms with Crippen molar-refractivity contribution in [2.75, 3.05) is 38.0 Å². The van der Waals surface area contributed by atoms with Crippen LogP contribution >= 0.6 is 11.3 Å². The molecule has 40 heavy (non-hydrogen) atoms. The van der Waals surface area contributed by atoms with E-state index in [0.29, 0.717) is 48.7 Å². The summed E-state index contributed by atoms with van der Waals surface area (Å²) in [4.78, 5) is 32.2. The summed E-state index contributed by atoms with van der Waals surface area (Å²) in [6.07, 6.45) is 1.44. The smallest absolute Gasteiger partial charge is 0.257 e. The number of rotatable bonds is 8. The van der Waals surface area contributed by atoms with E-state index in [4.69, 9.17) is 0 Å². The molecule has 0 radical (unpaired) electrons. The Morgan fingerprint density at radius 1 is 0.925 bits per heavy atom. The lowest BCUT2D eigenvalue weighted by Crippen LogP contribution is -2.35. The van der Waals surface area contributed by atoms with Crippen LogP contribution in [0.2, 0.25) is 0 Å². The van der Waals surface area contributed by atoms with Gasteiger partial charge in [0.1, 0.15) is 5.00 Å². The molecule has 3 heterocycles. The van der Waals surface area contributed by atoms with Crippen LogP contribution in [0.1, 0.15) is 63.1 Å². The number of fused-ring (bicyclic) bond motifs is 2. The van der Waals surface area contributed by atoms with E-state index in [9.17, 15) is 18.0 Å². The molecular formula is C30H36N4O4S2. The average Bonchev–Trinajstić information content (AvgIpc) is 3.34. The van der Waals surface area contributed by atoms with Gasteiger partial charge in [-0.15, -0.1) is 11.3 Å². The Morgan fingerprint density at radius 2 is 1.62 bits per heavy atom. The number of nitrogens with zero attached hydrogens (tertiary/aromatic N) is 3. The quantitative estimate of drug-likeness (QED) is 0.421. The van der Waals surface area contributed by atoms with Gasteiger partial charge in [-0.2, -0.15) is 4.31 Å². The van der Waals surface area contributed by atoms with Gasteiger partial charge in [0.2, 0.25) is 10.0 Å². The van der Waals surface area contributed by atoms with Crippen molar-refractivity contribution in [2.24, 2.45) is 0 Å². The van der Waals surface area contributed by atoms with Crippen molar-refractivity contribution in [3.05, 3.63) is 81.2 Å². The fourth-order valence-electron chi connectivity index (χ4n) is 5.49. The van der Waals surface area contributed by atoms with Gasteiger partial charge in [-0.25, -0.2) is 8.42 Å². The fraction of sp³-hybridized carbons (Fsp3) is 0.400. The lowest BCUT2D eigenvalue weighted by molar-refractivity contribution is 0.0772. The van der Waals surface area contributed by atoms with E-state index in [1.807, 2.05) is 38.1 Å². The van der Waals surface area contributed by atoms with Crippen molar-refractivity contribution < 1.29 is 18.0 Å². The summed E-state index contributed by atoms with van der Waals surface area (Å²) in [5.41, 5.74) is 4.16. The molecule has 0 spiro atoms. The van der Waals surface area contributed by atoms with Crippen molar-refractivity contribution >= 4 is 38.2 Å². The number of thiophene rings is 1. The van der Waals surface area contributed by atoms with Crippen LogP contribution in [0.25, 0.3) is 0 Å². The Balaban J connectivity index is 1.37. The Bertz CT molecular complexity index is 1510. The van der Waals surface area contributed by atoms with Gasteiger partial charge in [-0.05, 0) is 74.2 Å². The molecule has 0 atom stereocenters. The fourth-order valence-corrected chi connectivity index (χ4v) is 8.18. The van der Waals surface area contributed by atoms with Gasteiger partial charge in [-0.3, -0.25) is 14.5 Å². The van der Waals surface area contributed by atoms with Crippen LogP contribution in [0.5, 0.6) is 0 Å². The molecule has 3 aromatic rings. The first-order chi connectivity index (χ1) is 19.3. The van der Waals surface area contributed by atoms with Gasteiger partial charge in [0, 0.05) is 49.7 Å². The number of benzene rings is 2. The number of hydrogen-bond acceptors (Lipinski definition) is 6. The highest BCUT2D eigenvalue weighted by Crippen LogP contribution is 2.38. The Morgan fingerprint density at radius 3 is 2.30 bits per heavy atom. The van der Waals surface area contributed by atoms with Crippen molar-refractivity contribution in [1.82, 2.24) is 14.1 Å². The van der Waals surface area contributed by atoms with E-state index in [0.717, 1.165) is 42.1 Å². The zero-order valence-electron chi connectivity index (χ0n) is 23.3. The van der Waals surface area contributed by atoms with Gasteiger partial charge in [0.25, 0.3) is 11.8 Å². The molecule has 0 aliphatic carbocycles. The molecule has 8 nitrogen and oxygen atoms in total. The number of carbonyl (C=O) groups is 2. The minimum atomic E-state index is -3.70. The molecule has 2 aliphatic heterocycles.